The van der Waals surface area contributed by atoms with Crippen LogP contribution in [-0.2, 0) is 9.84 Å². The smallest absolute Gasteiger partial charge is 0.147 e. The molecular formula is C10H22N2O3S. The van der Waals surface area contributed by atoms with Crippen molar-refractivity contribution in [2.45, 2.75) is 18.6 Å². The first-order chi connectivity index (χ1) is 7.29. The van der Waals surface area contributed by atoms with Gasteiger partial charge in [0.1, 0.15) is 9.84 Å². The maximum Gasteiger partial charge on any atom is 0.147 e. The first-order valence-corrected chi connectivity index (χ1v) is 7.60. The molecule has 0 aromatic heterocycles. The SMILES string of the molecule is CN1CCN(C)C(C(O)CCS(C)(=O)=O)C1. The number of hydrogen-bond donors (Lipinski definition) is 1. The van der Waals surface area contributed by atoms with Gasteiger partial charge in [0.2, 0.25) is 0 Å². The van der Waals surface area contributed by atoms with Gasteiger partial charge in [-0.25, -0.2) is 8.42 Å². The molecule has 1 rings (SSSR count). The van der Waals surface area contributed by atoms with E-state index in [1.165, 1.54) is 6.26 Å². The van der Waals surface area contributed by atoms with Crippen molar-refractivity contribution >= 4 is 9.84 Å². The van der Waals surface area contributed by atoms with E-state index in [-0.39, 0.29) is 11.8 Å². The second-order valence-corrected chi connectivity index (χ2v) is 7.06. The maximum atomic E-state index is 11.0. The van der Waals surface area contributed by atoms with Gasteiger partial charge in [-0.2, -0.15) is 0 Å². The van der Waals surface area contributed by atoms with E-state index in [1.807, 2.05) is 14.1 Å². The van der Waals surface area contributed by atoms with Crippen LogP contribution in [0.3, 0.4) is 0 Å². The highest BCUT2D eigenvalue weighted by atomic mass is 32.2. The molecular weight excluding hydrogens is 228 g/mol. The number of aliphatic hydroxyl groups is 1. The van der Waals surface area contributed by atoms with Crippen molar-refractivity contribution in [3.05, 3.63) is 0 Å². The third-order valence-electron chi connectivity index (χ3n) is 3.13. The van der Waals surface area contributed by atoms with Crippen LogP contribution < -0.4 is 0 Å². The van der Waals surface area contributed by atoms with Gasteiger partial charge in [-0.05, 0) is 20.5 Å². The minimum Gasteiger partial charge on any atom is -0.391 e. The summed E-state index contributed by atoms with van der Waals surface area (Å²) in [7, 11) is 1.01. The number of hydrogen-bond acceptors (Lipinski definition) is 5. The average molecular weight is 250 g/mol. The minimum absolute atomic E-state index is 0.0421. The quantitative estimate of drug-likeness (QED) is 0.695. The molecule has 1 fully saturated rings. The van der Waals surface area contributed by atoms with Crippen molar-refractivity contribution < 1.29 is 13.5 Å². The van der Waals surface area contributed by atoms with Crippen LogP contribution in [0.15, 0.2) is 0 Å². The Bertz CT molecular complexity index is 318. The van der Waals surface area contributed by atoms with E-state index in [9.17, 15) is 13.5 Å². The molecule has 0 amide bonds. The van der Waals surface area contributed by atoms with Crippen LogP contribution in [0.1, 0.15) is 6.42 Å². The Morgan fingerprint density at radius 3 is 2.56 bits per heavy atom. The van der Waals surface area contributed by atoms with Gasteiger partial charge in [0.25, 0.3) is 0 Å². The molecule has 2 unspecified atom stereocenters. The molecule has 1 saturated heterocycles. The van der Waals surface area contributed by atoms with Crippen molar-refractivity contribution in [3.8, 4) is 0 Å². The third kappa shape index (κ3) is 4.37. The fourth-order valence-electron chi connectivity index (χ4n) is 1.99. The fourth-order valence-corrected chi connectivity index (χ4v) is 2.66. The second-order valence-electron chi connectivity index (χ2n) is 4.80. The molecule has 2 atom stereocenters. The standard InChI is InChI=1S/C10H22N2O3S/c1-11-5-6-12(2)9(8-11)10(13)4-7-16(3,14)15/h9-10,13H,4-8H2,1-3H3. The van der Waals surface area contributed by atoms with Crippen LogP contribution in [0.5, 0.6) is 0 Å². The topological polar surface area (TPSA) is 60.9 Å². The van der Waals surface area contributed by atoms with Gasteiger partial charge in [0.15, 0.2) is 0 Å². The molecule has 0 spiro atoms. The van der Waals surface area contributed by atoms with Crippen molar-refractivity contribution in [1.82, 2.24) is 9.80 Å². The molecule has 0 saturated carbocycles. The summed E-state index contributed by atoms with van der Waals surface area (Å²) in [6, 6.07) is 0.0421. The lowest BCUT2D eigenvalue weighted by Gasteiger charge is -2.40. The van der Waals surface area contributed by atoms with E-state index in [0.29, 0.717) is 6.42 Å². The van der Waals surface area contributed by atoms with E-state index in [1.54, 1.807) is 0 Å². The normalized spacial score (nSPS) is 26.9. The van der Waals surface area contributed by atoms with Crippen LogP contribution in [-0.4, -0.2) is 81.2 Å². The Balaban J connectivity index is 2.48. The van der Waals surface area contributed by atoms with Crippen molar-refractivity contribution in [2.75, 3.05) is 45.7 Å². The molecule has 5 nitrogen and oxygen atoms in total. The molecule has 1 N–H and O–H groups in total. The van der Waals surface area contributed by atoms with Crippen LogP contribution in [0, 0.1) is 0 Å². The molecule has 0 aromatic rings. The molecule has 1 heterocycles. The Kier molecular flexibility index (Phi) is 4.73. The van der Waals surface area contributed by atoms with Gasteiger partial charge >= 0.3 is 0 Å². The highest BCUT2D eigenvalue weighted by Crippen LogP contribution is 2.12. The molecule has 1 aliphatic rings. The monoisotopic (exact) mass is 250 g/mol. The van der Waals surface area contributed by atoms with Gasteiger partial charge in [0.05, 0.1) is 11.9 Å². The predicted octanol–water partition coefficient (Wildman–Crippen LogP) is -0.972. The third-order valence-corrected chi connectivity index (χ3v) is 4.11. The average Bonchev–Trinajstić information content (AvgIpc) is 2.17. The van der Waals surface area contributed by atoms with Gasteiger partial charge in [-0.15, -0.1) is 0 Å². The summed E-state index contributed by atoms with van der Waals surface area (Å²) in [5.41, 5.74) is 0. The van der Waals surface area contributed by atoms with Crippen molar-refractivity contribution in [2.24, 2.45) is 0 Å². The lowest BCUT2D eigenvalue weighted by molar-refractivity contribution is 0.0137. The molecule has 0 aliphatic carbocycles. The number of aliphatic hydroxyl groups excluding tert-OH is 1. The van der Waals surface area contributed by atoms with Crippen LogP contribution >= 0.6 is 0 Å². The summed E-state index contributed by atoms with van der Waals surface area (Å²) in [4.78, 5) is 4.27. The summed E-state index contributed by atoms with van der Waals surface area (Å²) >= 11 is 0. The maximum absolute atomic E-state index is 11.0. The molecule has 0 radical (unpaired) electrons. The summed E-state index contributed by atoms with van der Waals surface area (Å²) < 4.78 is 22.1. The summed E-state index contributed by atoms with van der Waals surface area (Å²) in [5, 5.41) is 9.99. The second kappa shape index (κ2) is 5.44. The predicted molar refractivity (Wildman–Crippen MR) is 64.2 cm³/mol. The van der Waals surface area contributed by atoms with E-state index >= 15 is 0 Å². The molecule has 96 valence electrons. The number of likely N-dealkylation sites (N-methyl/N-ethyl adjacent to an activating group) is 2. The Hall–Kier alpha value is -0.170. The van der Waals surface area contributed by atoms with Gasteiger partial charge in [-0.1, -0.05) is 0 Å². The van der Waals surface area contributed by atoms with E-state index in [0.717, 1.165) is 19.6 Å². The first kappa shape index (κ1) is 13.9. The Morgan fingerprint density at radius 1 is 1.38 bits per heavy atom. The molecule has 1 aliphatic heterocycles. The zero-order valence-corrected chi connectivity index (χ0v) is 11.1. The number of nitrogens with zero attached hydrogens (tertiary/aromatic N) is 2. The molecule has 6 heteroatoms. The highest BCUT2D eigenvalue weighted by molar-refractivity contribution is 7.90. The lowest BCUT2D eigenvalue weighted by atomic mass is 10.0. The number of rotatable bonds is 4. The lowest BCUT2D eigenvalue weighted by Crippen LogP contribution is -2.55. The number of sulfone groups is 1. The van der Waals surface area contributed by atoms with Crippen molar-refractivity contribution in [3.63, 3.8) is 0 Å². The summed E-state index contributed by atoms with van der Waals surface area (Å²) in [6.45, 7) is 2.70. The van der Waals surface area contributed by atoms with E-state index in [4.69, 9.17) is 0 Å². The van der Waals surface area contributed by atoms with Gasteiger partial charge in [-0.3, -0.25) is 4.90 Å². The van der Waals surface area contributed by atoms with Crippen molar-refractivity contribution in [1.29, 1.82) is 0 Å². The Morgan fingerprint density at radius 2 is 2.00 bits per heavy atom. The minimum atomic E-state index is -2.98. The Labute approximate surface area is 98.0 Å². The first-order valence-electron chi connectivity index (χ1n) is 5.54. The molecule has 0 bridgehead atoms. The van der Waals surface area contributed by atoms with Gasteiger partial charge in [0, 0.05) is 31.9 Å². The van der Waals surface area contributed by atoms with Gasteiger partial charge < -0.3 is 10.0 Å². The van der Waals surface area contributed by atoms with E-state index < -0.39 is 15.9 Å². The summed E-state index contributed by atoms with van der Waals surface area (Å²) in [5.74, 6) is 0.0578. The highest BCUT2D eigenvalue weighted by Gasteiger charge is 2.28. The van der Waals surface area contributed by atoms with Crippen LogP contribution in [0.25, 0.3) is 0 Å². The zero-order chi connectivity index (χ0) is 12.3. The number of piperazine rings is 1. The molecule has 16 heavy (non-hydrogen) atoms. The molecule has 0 aromatic carbocycles. The fraction of sp³-hybridized carbons (Fsp3) is 1.00. The van der Waals surface area contributed by atoms with Crippen LogP contribution in [0.2, 0.25) is 0 Å². The zero-order valence-electron chi connectivity index (χ0n) is 10.3. The van der Waals surface area contributed by atoms with Crippen LogP contribution in [0.4, 0.5) is 0 Å². The largest absolute Gasteiger partial charge is 0.391 e. The summed E-state index contributed by atoms with van der Waals surface area (Å²) in [6.07, 6.45) is 0.959. The van der Waals surface area contributed by atoms with E-state index in [2.05, 4.69) is 9.80 Å².